The van der Waals surface area contributed by atoms with Crippen LogP contribution in [0.4, 0.5) is 0 Å². The predicted molar refractivity (Wildman–Crippen MR) is 110 cm³/mol. The van der Waals surface area contributed by atoms with E-state index >= 15 is 0 Å². The zero-order valence-electron chi connectivity index (χ0n) is 14.6. The number of hydrogen-bond donors (Lipinski definition) is 0. The Balaban J connectivity index is 2.06. The molecule has 3 aromatic rings. The Kier molecular flexibility index (Phi) is 6.09. The highest BCUT2D eigenvalue weighted by Gasteiger charge is 2.12. The SMILES string of the molecule is CCCCc1ccc(/C(=C(/Cl)c2ccccc2)c2ccccc2)cc1. The van der Waals surface area contributed by atoms with E-state index in [0.29, 0.717) is 0 Å². The predicted octanol–water partition coefficient (Wildman–Crippen LogP) is 7.18. The molecule has 1 heteroatoms. The van der Waals surface area contributed by atoms with Crippen molar-refractivity contribution in [2.45, 2.75) is 26.2 Å². The van der Waals surface area contributed by atoms with Gasteiger partial charge >= 0.3 is 0 Å². The van der Waals surface area contributed by atoms with Crippen molar-refractivity contribution in [2.75, 3.05) is 0 Å². The molecule has 0 nitrogen and oxygen atoms in total. The maximum atomic E-state index is 6.84. The maximum Gasteiger partial charge on any atom is 0.0562 e. The second kappa shape index (κ2) is 8.69. The van der Waals surface area contributed by atoms with Crippen LogP contribution in [0.3, 0.4) is 0 Å². The molecule has 0 saturated heterocycles. The number of benzene rings is 3. The molecule has 0 radical (unpaired) electrons. The summed E-state index contributed by atoms with van der Waals surface area (Å²) in [6, 6.07) is 29.4. The van der Waals surface area contributed by atoms with E-state index in [0.717, 1.165) is 33.7 Å². The van der Waals surface area contributed by atoms with E-state index in [-0.39, 0.29) is 0 Å². The zero-order valence-corrected chi connectivity index (χ0v) is 15.3. The molecule has 0 saturated carbocycles. The topological polar surface area (TPSA) is 0 Å². The minimum Gasteiger partial charge on any atom is -0.0830 e. The summed E-state index contributed by atoms with van der Waals surface area (Å²) >= 11 is 6.84. The van der Waals surface area contributed by atoms with Crippen LogP contribution in [0.1, 0.15) is 42.0 Å². The fourth-order valence-corrected chi connectivity index (χ4v) is 3.32. The lowest BCUT2D eigenvalue weighted by atomic mass is 9.94. The van der Waals surface area contributed by atoms with Crippen molar-refractivity contribution in [1.82, 2.24) is 0 Å². The Morgan fingerprint density at radius 2 is 1.20 bits per heavy atom. The fourth-order valence-electron chi connectivity index (χ4n) is 2.97. The van der Waals surface area contributed by atoms with Crippen LogP contribution in [0.2, 0.25) is 0 Å². The first-order valence-electron chi connectivity index (χ1n) is 8.89. The molecule has 0 aliphatic carbocycles. The molecule has 0 spiro atoms. The minimum atomic E-state index is 0.785. The van der Waals surface area contributed by atoms with Crippen molar-refractivity contribution in [3.8, 4) is 0 Å². The Labute approximate surface area is 155 Å². The summed E-state index contributed by atoms with van der Waals surface area (Å²) in [6.07, 6.45) is 3.58. The van der Waals surface area contributed by atoms with E-state index in [1.807, 2.05) is 24.3 Å². The highest BCUT2D eigenvalue weighted by molar-refractivity contribution is 6.53. The average molecular weight is 347 g/mol. The van der Waals surface area contributed by atoms with Crippen molar-refractivity contribution < 1.29 is 0 Å². The molecular weight excluding hydrogens is 324 g/mol. The standard InChI is InChI=1S/C24H23Cl/c1-2-3-10-19-15-17-21(18-16-19)23(20-11-6-4-7-12-20)24(25)22-13-8-5-9-14-22/h4-9,11-18H,2-3,10H2,1H3/b24-23+. The molecule has 0 fully saturated rings. The lowest BCUT2D eigenvalue weighted by molar-refractivity contribution is 0.795. The van der Waals surface area contributed by atoms with Gasteiger partial charge in [0.15, 0.2) is 0 Å². The summed E-state index contributed by atoms with van der Waals surface area (Å²) < 4.78 is 0. The largest absolute Gasteiger partial charge is 0.0830 e. The Hall–Kier alpha value is -2.31. The fraction of sp³-hybridized carbons (Fsp3) is 0.167. The molecule has 0 aliphatic heterocycles. The van der Waals surface area contributed by atoms with Gasteiger partial charge in [-0.1, -0.05) is 110 Å². The van der Waals surface area contributed by atoms with Crippen LogP contribution < -0.4 is 0 Å². The van der Waals surface area contributed by atoms with Crippen LogP contribution in [-0.2, 0) is 6.42 Å². The van der Waals surface area contributed by atoms with Crippen molar-refractivity contribution in [2.24, 2.45) is 0 Å². The van der Waals surface area contributed by atoms with Gasteiger partial charge in [-0.15, -0.1) is 0 Å². The van der Waals surface area contributed by atoms with E-state index in [1.54, 1.807) is 0 Å². The van der Waals surface area contributed by atoms with E-state index in [9.17, 15) is 0 Å². The monoisotopic (exact) mass is 346 g/mol. The van der Waals surface area contributed by atoms with Crippen LogP contribution in [0.5, 0.6) is 0 Å². The first kappa shape index (κ1) is 17.5. The molecule has 3 rings (SSSR count). The molecule has 0 amide bonds. The third-order valence-electron chi connectivity index (χ3n) is 4.37. The lowest BCUT2D eigenvalue weighted by Crippen LogP contribution is -1.93. The van der Waals surface area contributed by atoms with Crippen molar-refractivity contribution >= 4 is 22.2 Å². The van der Waals surface area contributed by atoms with Crippen LogP contribution in [0, 0.1) is 0 Å². The molecule has 126 valence electrons. The summed E-state index contributed by atoms with van der Waals surface area (Å²) in [5.41, 5.74) is 5.79. The molecule has 3 aromatic carbocycles. The third kappa shape index (κ3) is 4.41. The van der Waals surface area contributed by atoms with Gasteiger partial charge in [0.1, 0.15) is 0 Å². The molecule has 25 heavy (non-hydrogen) atoms. The zero-order chi connectivity index (χ0) is 17.5. The average Bonchev–Trinajstić information content (AvgIpc) is 2.69. The van der Waals surface area contributed by atoms with Gasteiger partial charge in [0.05, 0.1) is 5.03 Å². The molecule has 0 N–H and O–H groups in total. The molecular formula is C24H23Cl. The van der Waals surface area contributed by atoms with Gasteiger partial charge < -0.3 is 0 Å². The highest BCUT2D eigenvalue weighted by Crippen LogP contribution is 2.34. The van der Waals surface area contributed by atoms with Gasteiger partial charge in [0.2, 0.25) is 0 Å². The number of aryl methyl sites for hydroxylation is 1. The van der Waals surface area contributed by atoms with E-state index in [4.69, 9.17) is 11.6 Å². The van der Waals surface area contributed by atoms with Crippen molar-refractivity contribution in [1.29, 1.82) is 0 Å². The smallest absolute Gasteiger partial charge is 0.0562 e. The first-order chi connectivity index (χ1) is 12.3. The molecule has 0 heterocycles. The lowest BCUT2D eigenvalue weighted by Gasteiger charge is -2.13. The van der Waals surface area contributed by atoms with Crippen LogP contribution in [0.25, 0.3) is 10.6 Å². The van der Waals surface area contributed by atoms with E-state index in [1.165, 1.54) is 18.4 Å². The minimum absolute atomic E-state index is 0.785. The second-order valence-corrected chi connectivity index (χ2v) is 6.60. The summed E-state index contributed by atoms with van der Waals surface area (Å²) in [7, 11) is 0. The van der Waals surface area contributed by atoms with Crippen molar-refractivity contribution in [3.63, 3.8) is 0 Å². The number of halogens is 1. The summed E-state index contributed by atoms with van der Waals surface area (Å²) in [5.74, 6) is 0. The quantitative estimate of drug-likeness (QED) is 0.414. The summed E-state index contributed by atoms with van der Waals surface area (Å²) in [4.78, 5) is 0. The molecule has 0 atom stereocenters. The number of unbranched alkanes of at least 4 members (excludes halogenated alkanes) is 1. The highest BCUT2D eigenvalue weighted by atomic mass is 35.5. The molecule has 0 aromatic heterocycles. The molecule has 0 bridgehead atoms. The Morgan fingerprint density at radius 3 is 1.76 bits per heavy atom. The summed E-state index contributed by atoms with van der Waals surface area (Å²) in [5, 5.41) is 0.785. The van der Waals surface area contributed by atoms with Crippen LogP contribution in [0.15, 0.2) is 84.9 Å². The van der Waals surface area contributed by atoms with Gasteiger partial charge in [0.25, 0.3) is 0 Å². The van der Waals surface area contributed by atoms with Gasteiger partial charge in [-0.05, 0) is 35.1 Å². The van der Waals surface area contributed by atoms with Crippen molar-refractivity contribution in [3.05, 3.63) is 107 Å². The van der Waals surface area contributed by atoms with Gasteiger partial charge in [-0.25, -0.2) is 0 Å². The Bertz CT molecular complexity index is 815. The number of rotatable bonds is 6. The van der Waals surface area contributed by atoms with Gasteiger partial charge in [-0.3, -0.25) is 0 Å². The second-order valence-electron chi connectivity index (χ2n) is 6.22. The van der Waals surface area contributed by atoms with Crippen LogP contribution in [-0.4, -0.2) is 0 Å². The van der Waals surface area contributed by atoms with E-state index in [2.05, 4.69) is 67.6 Å². The first-order valence-corrected chi connectivity index (χ1v) is 9.27. The number of hydrogen-bond acceptors (Lipinski definition) is 0. The third-order valence-corrected chi connectivity index (χ3v) is 4.78. The Morgan fingerprint density at radius 1 is 0.680 bits per heavy atom. The summed E-state index contributed by atoms with van der Waals surface area (Å²) in [6.45, 7) is 2.23. The molecule has 0 aliphatic rings. The van der Waals surface area contributed by atoms with Crippen LogP contribution >= 0.6 is 11.6 Å². The normalized spacial score (nSPS) is 11.9. The van der Waals surface area contributed by atoms with Gasteiger partial charge in [-0.2, -0.15) is 0 Å². The maximum absolute atomic E-state index is 6.84. The van der Waals surface area contributed by atoms with Gasteiger partial charge in [0, 0.05) is 5.57 Å². The molecule has 0 unspecified atom stereocenters. The van der Waals surface area contributed by atoms with E-state index < -0.39 is 0 Å².